The summed E-state index contributed by atoms with van der Waals surface area (Å²) in [5.74, 6) is 0.350. The molecule has 0 saturated heterocycles. The van der Waals surface area contributed by atoms with Gasteiger partial charge in [0.2, 0.25) is 0 Å². The predicted octanol–water partition coefficient (Wildman–Crippen LogP) is 4.38. The first-order valence-corrected chi connectivity index (χ1v) is 9.89. The molecule has 1 aliphatic heterocycles. The molecule has 0 spiro atoms. The molecule has 1 aliphatic rings. The van der Waals surface area contributed by atoms with E-state index >= 15 is 0 Å². The average Bonchev–Trinajstić information content (AvgIpc) is 3.32. The summed E-state index contributed by atoms with van der Waals surface area (Å²) in [5, 5.41) is 4.37. The van der Waals surface area contributed by atoms with Crippen molar-refractivity contribution in [3.63, 3.8) is 0 Å². The number of nitrogens with zero attached hydrogens (tertiary/aromatic N) is 2. The summed E-state index contributed by atoms with van der Waals surface area (Å²) in [6.45, 7) is 2.34. The maximum absolute atomic E-state index is 12.7. The molecule has 0 radical (unpaired) electrons. The molecule has 1 N–H and O–H groups in total. The van der Waals surface area contributed by atoms with Gasteiger partial charge in [-0.15, -0.1) is 0 Å². The fourth-order valence-electron chi connectivity index (χ4n) is 2.90. The van der Waals surface area contributed by atoms with E-state index < -0.39 is 17.5 Å². The number of aromatic nitrogens is 2. The van der Waals surface area contributed by atoms with Crippen molar-refractivity contribution in [2.45, 2.75) is 24.4 Å². The Morgan fingerprint density at radius 2 is 1.77 bits per heavy atom. The molecule has 2 atom stereocenters. The Labute approximate surface area is 173 Å². The van der Waals surface area contributed by atoms with E-state index in [0.717, 1.165) is 12.1 Å². The van der Waals surface area contributed by atoms with Gasteiger partial charge in [0.05, 0.1) is 21.9 Å². The van der Waals surface area contributed by atoms with Gasteiger partial charge in [-0.2, -0.15) is 13.2 Å². The second kappa shape index (κ2) is 8.02. The minimum atomic E-state index is -4.36. The van der Waals surface area contributed by atoms with Crippen molar-refractivity contribution in [2.24, 2.45) is 4.99 Å². The van der Waals surface area contributed by atoms with Crippen molar-refractivity contribution in [1.29, 1.82) is 0 Å². The van der Waals surface area contributed by atoms with Gasteiger partial charge >= 0.3 is 11.9 Å². The van der Waals surface area contributed by atoms with Gasteiger partial charge in [-0.05, 0) is 43.3 Å². The molecule has 1 aromatic heterocycles. The van der Waals surface area contributed by atoms with Crippen LogP contribution in [0.1, 0.15) is 18.1 Å². The lowest BCUT2D eigenvalue weighted by Gasteiger charge is -2.14. The van der Waals surface area contributed by atoms with Crippen LogP contribution in [0, 0.1) is 0 Å². The Balaban J connectivity index is 1.36. The van der Waals surface area contributed by atoms with Crippen LogP contribution in [-0.4, -0.2) is 33.1 Å². The molecule has 2 heterocycles. The predicted molar refractivity (Wildman–Crippen MR) is 107 cm³/mol. The van der Waals surface area contributed by atoms with E-state index in [-0.39, 0.29) is 11.3 Å². The SMILES string of the molecule is CC1N=C(c2ccc(C(F)(F)F)cc2)SC1COc1ccc(-c2noc(=O)[nH]2)cc1. The van der Waals surface area contributed by atoms with Crippen molar-refractivity contribution in [1.82, 2.24) is 10.1 Å². The number of alkyl halides is 3. The maximum Gasteiger partial charge on any atom is 0.439 e. The first-order chi connectivity index (χ1) is 14.3. The molecule has 0 aliphatic carbocycles. The molecule has 30 heavy (non-hydrogen) atoms. The average molecular weight is 435 g/mol. The summed E-state index contributed by atoms with van der Waals surface area (Å²) in [4.78, 5) is 18.1. The van der Waals surface area contributed by atoms with Crippen LogP contribution in [0.25, 0.3) is 11.4 Å². The second-order valence-electron chi connectivity index (χ2n) is 6.69. The number of ether oxygens (including phenoxy) is 1. The molecule has 4 rings (SSSR count). The zero-order valence-electron chi connectivity index (χ0n) is 15.6. The van der Waals surface area contributed by atoms with Gasteiger partial charge < -0.3 is 4.74 Å². The van der Waals surface area contributed by atoms with Gasteiger partial charge in [0.25, 0.3) is 0 Å². The Hall–Kier alpha value is -3.01. The lowest BCUT2D eigenvalue weighted by Crippen LogP contribution is -2.22. The monoisotopic (exact) mass is 435 g/mol. The third-order valence-electron chi connectivity index (χ3n) is 4.56. The van der Waals surface area contributed by atoms with Gasteiger partial charge in [0.15, 0.2) is 5.82 Å². The fourth-order valence-corrected chi connectivity index (χ4v) is 4.08. The molecule has 2 unspecified atom stereocenters. The van der Waals surface area contributed by atoms with Gasteiger partial charge in [0.1, 0.15) is 12.4 Å². The summed E-state index contributed by atoms with van der Waals surface area (Å²) < 4.78 is 48.5. The fraction of sp³-hybridized carbons (Fsp3) is 0.250. The van der Waals surface area contributed by atoms with Crippen LogP contribution in [0.4, 0.5) is 13.2 Å². The number of thioether (sulfide) groups is 1. The second-order valence-corrected chi connectivity index (χ2v) is 7.91. The molecule has 2 aromatic carbocycles. The Kier molecular flexibility index (Phi) is 5.42. The molecule has 0 fully saturated rings. The maximum atomic E-state index is 12.7. The highest BCUT2D eigenvalue weighted by Crippen LogP contribution is 2.33. The van der Waals surface area contributed by atoms with Crippen molar-refractivity contribution in [3.8, 4) is 17.1 Å². The summed E-state index contributed by atoms with van der Waals surface area (Å²) >= 11 is 1.49. The Morgan fingerprint density at radius 3 is 2.37 bits per heavy atom. The smallest absolute Gasteiger partial charge is 0.439 e. The number of rotatable bonds is 5. The van der Waals surface area contributed by atoms with Crippen molar-refractivity contribution in [3.05, 3.63) is 70.2 Å². The van der Waals surface area contributed by atoms with Crippen LogP contribution in [0.5, 0.6) is 5.75 Å². The first-order valence-electron chi connectivity index (χ1n) is 9.01. The number of hydrogen-bond donors (Lipinski definition) is 1. The van der Waals surface area contributed by atoms with Crippen LogP contribution in [-0.2, 0) is 6.18 Å². The number of nitrogens with one attached hydrogen (secondary N) is 1. The van der Waals surface area contributed by atoms with E-state index in [0.29, 0.717) is 34.4 Å². The van der Waals surface area contributed by atoms with Crippen LogP contribution < -0.4 is 10.5 Å². The minimum absolute atomic E-state index is 0.0354. The summed E-state index contributed by atoms with van der Waals surface area (Å²) in [5.41, 5.74) is 0.666. The number of hydrogen-bond acceptors (Lipinski definition) is 6. The first kappa shape index (κ1) is 20.3. The zero-order valence-corrected chi connectivity index (χ0v) is 16.5. The quantitative estimate of drug-likeness (QED) is 0.644. The number of halogens is 3. The van der Waals surface area contributed by atoms with Gasteiger partial charge in [0, 0.05) is 11.1 Å². The molecule has 0 amide bonds. The van der Waals surface area contributed by atoms with Crippen LogP contribution in [0.2, 0.25) is 0 Å². The highest BCUT2D eigenvalue weighted by Gasteiger charge is 2.31. The van der Waals surface area contributed by atoms with Gasteiger partial charge in [-0.3, -0.25) is 14.5 Å². The molecule has 6 nitrogen and oxygen atoms in total. The molecule has 3 aromatic rings. The minimum Gasteiger partial charge on any atom is -0.492 e. The third kappa shape index (κ3) is 4.43. The zero-order chi connectivity index (χ0) is 21.3. The standard InChI is InChI=1S/C20H16F3N3O3S/c1-11-16(30-18(24-11)13-2-6-14(7-3-13)20(21,22)23)10-28-15-8-4-12(5-9-15)17-25-19(27)29-26-17/h2-9,11,16H,10H2,1H3,(H,25,26,27). The van der Waals surface area contributed by atoms with E-state index in [1.54, 1.807) is 24.3 Å². The van der Waals surface area contributed by atoms with Crippen LogP contribution in [0.3, 0.4) is 0 Å². The molecule has 156 valence electrons. The molecule has 0 saturated carbocycles. The van der Waals surface area contributed by atoms with E-state index in [1.165, 1.54) is 23.9 Å². The summed E-state index contributed by atoms with van der Waals surface area (Å²) in [7, 11) is 0. The Morgan fingerprint density at radius 1 is 1.10 bits per heavy atom. The van der Waals surface area contributed by atoms with Crippen molar-refractivity contribution >= 4 is 16.8 Å². The Bertz CT molecular complexity index is 1110. The lowest BCUT2D eigenvalue weighted by molar-refractivity contribution is -0.137. The molecule has 10 heteroatoms. The topological polar surface area (TPSA) is 80.5 Å². The van der Waals surface area contributed by atoms with Gasteiger partial charge in [-0.1, -0.05) is 29.1 Å². The highest BCUT2D eigenvalue weighted by atomic mass is 32.2. The lowest BCUT2D eigenvalue weighted by atomic mass is 10.1. The van der Waals surface area contributed by atoms with Crippen molar-refractivity contribution in [2.75, 3.05) is 6.61 Å². The number of benzene rings is 2. The number of aromatic amines is 1. The molecular weight excluding hydrogens is 419 g/mol. The van der Waals surface area contributed by atoms with Crippen LogP contribution in [0.15, 0.2) is 62.8 Å². The summed E-state index contributed by atoms with van der Waals surface area (Å²) in [6, 6.07) is 12.0. The van der Waals surface area contributed by atoms with Crippen molar-refractivity contribution < 1.29 is 22.4 Å². The normalized spacial score (nSPS) is 19.0. The van der Waals surface area contributed by atoms with E-state index in [4.69, 9.17) is 4.74 Å². The van der Waals surface area contributed by atoms with E-state index in [1.807, 2.05) is 6.92 Å². The molecule has 0 bridgehead atoms. The number of H-pyrrole nitrogens is 1. The van der Waals surface area contributed by atoms with E-state index in [9.17, 15) is 18.0 Å². The highest BCUT2D eigenvalue weighted by molar-refractivity contribution is 8.15. The van der Waals surface area contributed by atoms with Gasteiger partial charge in [-0.25, -0.2) is 4.79 Å². The van der Waals surface area contributed by atoms with E-state index in [2.05, 4.69) is 19.7 Å². The third-order valence-corrected chi connectivity index (χ3v) is 5.96. The largest absolute Gasteiger partial charge is 0.492 e. The summed E-state index contributed by atoms with van der Waals surface area (Å²) in [6.07, 6.45) is -4.36. The number of aliphatic imine (C=N–C) groups is 1. The molecular formula is C20H16F3N3O3S. The van der Waals surface area contributed by atoms with Crippen LogP contribution >= 0.6 is 11.8 Å².